The van der Waals surface area contributed by atoms with Crippen molar-refractivity contribution in [3.63, 3.8) is 0 Å². The maximum atomic E-state index is 11.1. The molecule has 72 valence electrons. The van der Waals surface area contributed by atoms with E-state index in [2.05, 4.69) is 11.9 Å². The molecule has 0 radical (unpaired) electrons. The van der Waals surface area contributed by atoms with Crippen molar-refractivity contribution < 1.29 is 14.3 Å². The molecule has 1 aliphatic heterocycles. The predicted molar refractivity (Wildman–Crippen MR) is 46.9 cm³/mol. The van der Waals surface area contributed by atoms with Crippen LogP contribution >= 0.6 is 0 Å². The standard InChI is InChI=1S/C9H13NO3/c1-6(2)9(12)13-7-3-4-10-8(11)5-7/h7H,1,3-5H2,2H3,(H,10,11). The third-order valence-corrected chi connectivity index (χ3v) is 1.82. The molecule has 13 heavy (non-hydrogen) atoms. The van der Waals surface area contributed by atoms with Crippen LogP contribution in [0.25, 0.3) is 0 Å². The van der Waals surface area contributed by atoms with E-state index in [4.69, 9.17) is 4.74 Å². The summed E-state index contributed by atoms with van der Waals surface area (Å²) in [6.07, 6.45) is 0.669. The van der Waals surface area contributed by atoms with Gasteiger partial charge in [-0.1, -0.05) is 6.58 Å². The second kappa shape index (κ2) is 4.07. The van der Waals surface area contributed by atoms with Gasteiger partial charge in [0, 0.05) is 18.5 Å². The zero-order chi connectivity index (χ0) is 9.84. The molecule has 1 rings (SSSR count). The van der Waals surface area contributed by atoms with Crippen LogP contribution in [0, 0.1) is 0 Å². The van der Waals surface area contributed by atoms with Crippen LogP contribution in [0.3, 0.4) is 0 Å². The second-order valence-electron chi connectivity index (χ2n) is 3.15. The third-order valence-electron chi connectivity index (χ3n) is 1.82. The Morgan fingerprint density at radius 2 is 2.38 bits per heavy atom. The highest BCUT2D eigenvalue weighted by Gasteiger charge is 2.22. The van der Waals surface area contributed by atoms with Crippen LogP contribution in [0.5, 0.6) is 0 Å². The van der Waals surface area contributed by atoms with E-state index in [1.54, 1.807) is 6.92 Å². The first kappa shape index (κ1) is 9.77. The van der Waals surface area contributed by atoms with Crippen LogP contribution in [0.1, 0.15) is 19.8 Å². The Morgan fingerprint density at radius 1 is 1.69 bits per heavy atom. The van der Waals surface area contributed by atoms with Gasteiger partial charge in [0.15, 0.2) is 0 Å². The van der Waals surface area contributed by atoms with Crippen LogP contribution < -0.4 is 5.32 Å². The molecule has 1 N–H and O–H groups in total. The molecule has 0 aliphatic carbocycles. The number of carbonyl (C=O) groups excluding carboxylic acids is 2. The van der Waals surface area contributed by atoms with Crippen LogP contribution in [-0.2, 0) is 14.3 Å². The van der Waals surface area contributed by atoms with Crippen molar-refractivity contribution in [1.82, 2.24) is 5.32 Å². The summed E-state index contributed by atoms with van der Waals surface area (Å²) in [4.78, 5) is 22.0. The smallest absolute Gasteiger partial charge is 0.333 e. The average Bonchev–Trinajstić information content (AvgIpc) is 2.04. The van der Waals surface area contributed by atoms with Gasteiger partial charge in [-0.15, -0.1) is 0 Å². The molecule has 1 atom stereocenters. The van der Waals surface area contributed by atoms with Crippen LogP contribution in [0.2, 0.25) is 0 Å². The molecule has 1 heterocycles. The zero-order valence-corrected chi connectivity index (χ0v) is 7.63. The number of carbonyl (C=O) groups is 2. The first-order chi connectivity index (χ1) is 6.09. The molecule has 4 heteroatoms. The van der Waals surface area contributed by atoms with E-state index in [9.17, 15) is 9.59 Å². The minimum absolute atomic E-state index is 0.0641. The lowest BCUT2D eigenvalue weighted by atomic mass is 10.1. The molecule has 1 fully saturated rings. The topological polar surface area (TPSA) is 55.4 Å². The quantitative estimate of drug-likeness (QED) is 0.497. The molecule has 1 aliphatic rings. The Balaban J connectivity index is 2.40. The Hall–Kier alpha value is -1.32. The summed E-state index contributed by atoms with van der Waals surface area (Å²) in [5.74, 6) is -0.481. The normalized spacial score (nSPS) is 21.9. The minimum atomic E-state index is -0.417. The van der Waals surface area contributed by atoms with Gasteiger partial charge >= 0.3 is 5.97 Å². The van der Waals surface area contributed by atoms with E-state index in [0.717, 1.165) is 0 Å². The fourth-order valence-electron chi connectivity index (χ4n) is 1.11. The van der Waals surface area contributed by atoms with Gasteiger partial charge in [-0.3, -0.25) is 4.79 Å². The Kier molecular flexibility index (Phi) is 3.06. The SMILES string of the molecule is C=C(C)C(=O)OC1CCNC(=O)C1. The van der Waals surface area contributed by atoms with Gasteiger partial charge in [-0.2, -0.15) is 0 Å². The molecule has 0 saturated carbocycles. The number of piperidine rings is 1. The van der Waals surface area contributed by atoms with Gasteiger partial charge in [0.05, 0.1) is 6.42 Å². The van der Waals surface area contributed by atoms with E-state index in [1.807, 2.05) is 0 Å². The number of rotatable bonds is 2. The van der Waals surface area contributed by atoms with E-state index >= 15 is 0 Å². The van der Waals surface area contributed by atoms with Crippen molar-refractivity contribution in [2.24, 2.45) is 0 Å². The molecule has 0 bridgehead atoms. The third kappa shape index (κ3) is 2.89. The molecule has 0 aromatic heterocycles. The second-order valence-corrected chi connectivity index (χ2v) is 3.15. The van der Waals surface area contributed by atoms with Gasteiger partial charge in [-0.05, 0) is 6.92 Å². The summed E-state index contributed by atoms with van der Waals surface area (Å²) in [6, 6.07) is 0. The van der Waals surface area contributed by atoms with Crippen molar-refractivity contribution in [1.29, 1.82) is 0 Å². The van der Waals surface area contributed by atoms with Gasteiger partial charge in [0.2, 0.25) is 5.91 Å². The average molecular weight is 183 g/mol. The predicted octanol–water partition coefficient (Wildman–Crippen LogP) is 0.384. The first-order valence-electron chi connectivity index (χ1n) is 4.23. The molecule has 0 spiro atoms. The number of esters is 1. The summed E-state index contributed by atoms with van der Waals surface area (Å²) in [5.41, 5.74) is 0.367. The highest BCUT2D eigenvalue weighted by molar-refractivity contribution is 5.87. The number of hydrogen-bond donors (Lipinski definition) is 1. The monoisotopic (exact) mass is 183 g/mol. The molecular weight excluding hydrogens is 170 g/mol. The zero-order valence-electron chi connectivity index (χ0n) is 7.63. The molecule has 1 unspecified atom stereocenters. The molecule has 1 amide bonds. The molecular formula is C9H13NO3. The summed E-state index contributed by atoms with van der Waals surface area (Å²) in [7, 11) is 0. The van der Waals surface area contributed by atoms with Crippen molar-refractivity contribution in [3.8, 4) is 0 Å². The largest absolute Gasteiger partial charge is 0.458 e. The summed E-state index contributed by atoms with van der Waals surface area (Å²) in [6.45, 7) is 5.63. The van der Waals surface area contributed by atoms with Crippen molar-refractivity contribution >= 4 is 11.9 Å². The lowest BCUT2D eigenvalue weighted by molar-refractivity contribution is -0.147. The Morgan fingerprint density at radius 3 is 2.92 bits per heavy atom. The fourth-order valence-corrected chi connectivity index (χ4v) is 1.11. The van der Waals surface area contributed by atoms with Gasteiger partial charge < -0.3 is 10.1 Å². The lowest BCUT2D eigenvalue weighted by Gasteiger charge is -2.22. The lowest BCUT2D eigenvalue weighted by Crippen LogP contribution is -2.38. The molecule has 0 aromatic carbocycles. The van der Waals surface area contributed by atoms with Gasteiger partial charge in [0.1, 0.15) is 6.10 Å². The molecule has 4 nitrogen and oxygen atoms in total. The van der Waals surface area contributed by atoms with Crippen molar-refractivity contribution in [2.45, 2.75) is 25.9 Å². The van der Waals surface area contributed by atoms with Gasteiger partial charge in [-0.25, -0.2) is 4.79 Å². The number of amides is 1. The number of hydrogen-bond acceptors (Lipinski definition) is 3. The van der Waals surface area contributed by atoms with E-state index in [0.29, 0.717) is 18.5 Å². The highest BCUT2D eigenvalue weighted by atomic mass is 16.5. The highest BCUT2D eigenvalue weighted by Crippen LogP contribution is 2.10. The number of nitrogens with one attached hydrogen (secondary N) is 1. The minimum Gasteiger partial charge on any atom is -0.458 e. The van der Waals surface area contributed by atoms with Crippen LogP contribution in [0.15, 0.2) is 12.2 Å². The van der Waals surface area contributed by atoms with Crippen LogP contribution in [-0.4, -0.2) is 24.5 Å². The molecule has 1 saturated heterocycles. The van der Waals surface area contributed by atoms with Crippen molar-refractivity contribution in [3.05, 3.63) is 12.2 Å². The first-order valence-corrected chi connectivity index (χ1v) is 4.23. The fraction of sp³-hybridized carbons (Fsp3) is 0.556. The molecule has 0 aromatic rings. The van der Waals surface area contributed by atoms with Gasteiger partial charge in [0.25, 0.3) is 0 Å². The van der Waals surface area contributed by atoms with E-state index in [-0.39, 0.29) is 18.4 Å². The Labute approximate surface area is 76.9 Å². The number of ether oxygens (including phenoxy) is 1. The summed E-state index contributed by atoms with van der Waals surface area (Å²) in [5, 5.41) is 2.66. The maximum absolute atomic E-state index is 11.1. The summed E-state index contributed by atoms with van der Waals surface area (Å²) >= 11 is 0. The van der Waals surface area contributed by atoms with Crippen molar-refractivity contribution in [2.75, 3.05) is 6.54 Å². The maximum Gasteiger partial charge on any atom is 0.333 e. The Bertz CT molecular complexity index is 247. The summed E-state index contributed by atoms with van der Waals surface area (Å²) < 4.78 is 5.02. The van der Waals surface area contributed by atoms with Crippen LogP contribution in [0.4, 0.5) is 0 Å². The van der Waals surface area contributed by atoms with E-state index in [1.165, 1.54) is 0 Å². The van der Waals surface area contributed by atoms with E-state index < -0.39 is 5.97 Å².